The van der Waals surface area contributed by atoms with E-state index in [4.69, 9.17) is 21.1 Å². The quantitative estimate of drug-likeness (QED) is 0.669. The van der Waals surface area contributed by atoms with E-state index in [1.54, 1.807) is 0 Å². The fourth-order valence-electron chi connectivity index (χ4n) is 2.71. The van der Waals surface area contributed by atoms with Gasteiger partial charge in [-0.1, -0.05) is 11.6 Å². The summed E-state index contributed by atoms with van der Waals surface area (Å²) in [6.45, 7) is 0.652. The number of ether oxygens (including phenoxy) is 2. The molecule has 0 radical (unpaired) electrons. The maximum absolute atomic E-state index is 13.0. The number of carbonyl (C=O) groups excluding carboxylic acids is 2. The lowest BCUT2D eigenvalue weighted by Gasteiger charge is -2.26. The number of benzene rings is 2. The van der Waals surface area contributed by atoms with Crippen LogP contribution in [0.3, 0.4) is 0 Å². The monoisotopic (exact) mass is 456 g/mol. The zero-order valence-corrected chi connectivity index (χ0v) is 17.2. The standard InChI is InChI=1S/C19H18ClFN2O6S/c20-17-11-13(21)1-6-16(17)19(25)29-12-18(24)22-14-2-4-15(5-3-14)30(26,27)23-7-9-28-10-8-23/h1-6,11H,7-10,12H2,(H,22,24). The number of hydrogen-bond donors (Lipinski definition) is 1. The van der Waals surface area contributed by atoms with Crippen LogP contribution in [0.5, 0.6) is 0 Å². The summed E-state index contributed by atoms with van der Waals surface area (Å²) < 4.78 is 49.5. The summed E-state index contributed by atoms with van der Waals surface area (Å²) >= 11 is 5.78. The lowest BCUT2D eigenvalue weighted by molar-refractivity contribution is -0.119. The summed E-state index contributed by atoms with van der Waals surface area (Å²) in [7, 11) is -3.63. The zero-order chi connectivity index (χ0) is 21.7. The van der Waals surface area contributed by atoms with Gasteiger partial charge in [-0.05, 0) is 42.5 Å². The van der Waals surface area contributed by atoms with Crippen molar-refractivity contribution in [3.05, 3.63) is 58.9 Å². The van der Waals surface area contributed by atoms with Gasteiger partial charge in [0.2, 0.25) is 10.0 Å². The molecule has 2 aromatic rings. The van der Waals surface area contributed by atoms with Crippen molar-refractivity contribution >= 4 is 39.2 Å². The number of carbonyl (C=O) groups is 2. The van der Waals surface area contributed by atoms with Crippen LogP contribution >= 0.6 is 11.6 Å². The number of halogens is 2. The third-order valence-electron chi connectivity index (χ3n) is 4.23. The number of sulfonamides is 1. The number of morpholine rings is 1. The van der Waals surface area contributed by atoms with E-state index in [0.29, 0.717) is 18.9 Å². The first-order chi connectivity index (χ1) is 14.3. The predicted octanol–water partition coefficient (Wildman–Crippen LogP) is 2.30. The Kier molecular flexibility index (Phi) is 7.03. The highest BCUT2D eigenvalue weighted by atomic mass is 35.5. The molecule has 0 atom stereocenters. The Morgan fingerprint density at radius 1 is 1.13 bits per heavy atom. The zero-order valence-electron chi connectivity index (χ0n) is 15.6. The molecule has 11 heteroatoms. The summed E-state index contributed by atoms with van der Waals surface area (Å²) in [6.07, 6.45) is 0. The molecular weight excluding hydrogens is 439 g/mol. The smallest absolute Gasteiger partial charge is 0.340 e. The highest BCUT2D eigenvalue weighted by Gasteiger charge is 2.26. The van der Waals surface area contributed by atoms with Gasteiger partial charge in [-0.25, -0.2) is 17.6 Å². The van der Waals surface area contributed by atoms with Crippen molar-refractivity contribution in [1.29, 1.82) is 0 Å². The molecule has 0 bridgehead atoms. The molecular formula is C19H18ClFN2O6S. The van der Waals surface area contributed by atoms with Crippen molar-refractivity contribution in [2.75, 3.05) is 38.2 Å². The topological polar surface area (TPSA) is 102 Å². The summed E-state index contributed by atoms with van der Waals surface area (Å²) in [5.74, 6) is -2.11. The van der Waals surface area contributed by atoms with E-state index >= 15 is 0 Å². The SMILES string of the molecule is O=C(COC(=O)c1ccc(F)cc1Cl)Nc1ccc(S(=O)(=O)N2CCOCC2)cc1. The Labute approximate surface area is 177 Å². The lowest BCUT2D eigenvalue weighted by Crippen LogP contribution is -2.40. The fraction of sp³-hybridized carbons (Fsp3) is 0.263. The minimum atomic E-state index is -3.63. The van der Waals surface area contributed by atoms with Crippen molar-refractivity contribution in [1.82, 2.24) is 4.31 Å². The van der Waals surface area contributed by atoms with E-state index in [0.717, 1.165) is 18.2 Å². The van der Waals surface area contributed by atoms with Gasteiger partial charge in [-0.15, -0.1) is 0 Å². The minimum absolute atomic E-state index is 0.0662. The third kappa shape index (κ3) is 5.33. The first-order valence-corrected chi connectivity index (χ1v) is 10.7. The van der Waals surface area contributed by atoms with Crippen LogP contribution in [0.25, 0.3) is 0 Å². The van der Waals surface area contributed by atoms with E-state index in [-0.39, 0.29) is 28.6 Å². The van der Waals surface area contributed by atoms with Crippen molar-refractivity contribution in [2.24, 2.45) is 0 Å². The molecule has 1 N–H and O–H groups in total. The van der Waals surface area contributed by atoms with Crippen molar-refractivity contribution in [2.45, 2.75) is 4.90 Å². The molecule has 0 saturated carbocycles. The van der Waals surface area contributed by atoms with Gasteiger partial charge in [0.15, 0.2) is 6.61 Å². The van der Waals surface area contributed by atoms with Gasteiger partial charge in [0.1, 0.15) is 5.82 Å². The van der Waals surface area contributed by atoms with Crippen molar-refractivity contribution < 1.29 is 31.9 Å². The summed E-state index contributed by atoms with van der Waals surface area (Å²) in [5, 5.41) is 2.37. The highest BCUT2D eigenvalue weighted by molar-refractivity contribution is 7.89. The molecule has 8 nitrogen and oxygen atoms in total. The van der Waals surface area contributed by atoms with Gasteiger partial charge in [0.25, 0.3) is 5.91 Å². The van der Waals surface area contributed by atoms with E-state index in [2.05, 4.69) is 5.32 Å². The van der Waals surface area contributed by atoms with E-state index in [9.17, 15) is 22.4 Å². The maximum Gasteiger partial charge on any atom is 0.340 e. The normalized spacial score (nSPS) is 14.9. The Morgan fingerprint density at radius 2 is 1.80 bits per heavy atom. The van der Waals surface area contributed by atoms with Crippen molar-refractivity contribution in [3.63, 3.8) is 0 Å². The van der Waals surface area contributed by atoms with Crippen LogP contribution in [-0.2, 0) is 24.3 Å². The first kappa shape index (κ1) is 22.2. The van der Waals surface area contributed by atoms with Crippen LogP contribution in [0.1, 0.15) is 10.4 Å². The van der Waals surface area contributed by atoms with Gasteiger partial charge < -0.3 is 14.8 Å². The lowest BCUT2D eigenvalue weighted by atomic mass is 10.2. The van der Waals surface area contributed by atoms with Gasteiger partial charge in [-0.3, -0.25) is 4.79 Å². The fourth-order valence-corrected chi connectivity index (χ4v) is 4.36. The molecule has 2 aromatic carbocycles. The van der Waals surface area contributed by atoms with Crippen LogP contribution in [0.15, 0.2) is 47.4 Å². The number of nitrogens with zero attached hydrogens (tertiary/aromatic N) is 1. The molecule has 1 aliphatic heterocycles. The third-order valence-corrected chi connectivity index (χ3v) is 6.46. The number of rotatable bonds is 6. The average Bonchev–Trinajstić information content (AvgIpc) is 2.73. The molecule has 0 unspecified atom stereocenters. The average molecular weight is 457 g/mol. The van der Waals surface area contributed by atoms with Gasteiger partial charge in [-0.2, -0.15) is 4.31 Å². The van der Waals surface area contributed by atoms with Gasteiger partial charge in [0, 0.05) is 18.8 Å². The molecule has 0 aliphatic carbocycles. The largest absolute Gasteiger partial charge is 0.452 e. The second kappa shape index (κ2) is 9.52. The summed E-state index contributed by atoms with van der Waals surface area (Å²) in [6, 6.07) is 8.80. The second-order valence-electron chi connectivity index (χ2n) is 6.29. The van der Waals surface area contributed by atoms with E-state index in [1.165, 1.54) is 28.6 Å². The van der Waals surface area contributed by atoms with Gasteiger partial charge in [0.05, 0.1) is 28.7 Å². The Morgan fingerprint density at radius 3 is 2.43 bits per heavy atom. The number of nitrogens with one attached hydrogen (secondary N) is 1. The molecule has 1 amide bonds. The van der Waals surface area contributed by atoms with Gasteiger partial charge >= 0.3 is 5.97 Å². The second-order valence-corrected chi connectivity index (χ2v) is 8.63. The van der Waals surface area contributed by atoms with Crippen LogP contribution in [0, 0.1) is 5.82 Å². The summed E-state index contributed by atoms with van der Waals surface area (Å²) in [5.41, 5.74) is 0.264. The molecule has 1 aliphatic rings. The minimum Gasteiger partial charge on any atom is -0.452 e. The Balaban J connectivity index is 1.56. The van der Waals surface area contributed by atoms with Crippen LogP contribution < -0.4 is 5.32 Å². The van der Waals surface area contributed by atoms with E-state index < -0.39 is 34.3 Å². The van der Waals surface area contributed by atoms with Crippen LogP contribution in [0.4, 0.5) is 10.1 Å². The first-order valence-electron chi connectivity index (χ1n) is 8.87. The molecule has 1 fully saturated rings. The molecule has 1 saturated heterocycles. The molecule has 160 valence electrons. The molecule has 30 heavy (non-hydrogen) atoms. The molecule has 0 spiro atoms. The molecule has 1 heterocycles. The van der Waals surface area contributed by atoms with Crippen LogP contribution in [-0.4, -0.2) is 57.5 Å². The summed E-state index contributed by atoms with van der Waals surface area (Å²) in [4.78, 5) is 24.0. The van der Waals surface area contributed by atoms with E-state index in [1.807, 2.05) is 0 Å². The van der Waals surface area contributed by atoms with Crippen molar-refractivity contribution in [3.8, 4) is 0 Å². The number of esters is 1. The highest BCUT2D eigenvalue weighted by Crippen LogP contribution is 2.20. The number of anilines is 1. The Hall–Kier alpha value is -2.53. The van der Waals surface area contributed by atoms with Crippen LogP contribution in [0.2, 0.25) is 5.02 Å². The maximum atomic E-state index is 13.0. The predicted molar refractivity (Wildman–Crippen MR) is 106 cm³/mol. The number of hydrogen-bond acceptors (Lipinski definition) is 6. The molecule has 0 aromatic heterocycles. The number of amides is 1. The molecule has 3 rings (SSSR count). The Bertz CT molecular complexity index is 1040.